The Morgan fingerprint density at radius 2 is 0.896 bits per heavy atom. The molecule has 10 nitrogen and oxygen atoms in total. The van der Waals surface area contributed by atoms with Crippen LogP contribution in [0.3, 0.4) is 0 Å². The third-order valence-electron chi connectivity index (χ3n) is 8.51. The Morgan fingerprint density at radius 3 is 1.29 bits per heavy atom. The van der Waals surface area contributed by atoms with Crippen molar-refractivity contribution in [3.63, 3.8) is 0 Å². The number of esters is 2. The summed E-state index contributed by atoms with van der Waals surface area (Å²) in [5.41, 5.74) is 0. The number of phosphoric acid groups is 1. The Labute approximate surface area is 293 Å². The molecule has 0 aliphatic carbocycles. The molecule has 0 rings (SSSR count). The van der Waals surface area contributed by atoms with E-state index in [2.05, 4.69) is 18.4 Å². The number of rotatable bonds is 37. The Bertz CT molecular complexity index is 781. The minimum atomic E-state index is -4.60. The third kappa shape index (κ3) is 33.5. The van der Waals surface area contributed by atoms with Crippen LogP contribution in [0.15, 0.2) is 0 Å². The van der Waals surface area contributed by atoms with Crippen molar-refractivity contribution in [3.05, 3.63) is 0 Å². The summed E-state index contributed by atoms with van der Waals surface area (Å²) in [4.78, 5) is 34.7. The molecule has 3 unspecified atom stereocenters. The molecule has 0 aromatic carbocycles. The van der Waals surface area contributed by atoms with Crippen molar-refractivity contribution in [2.45, 2.75) is 199 Å². The monoisotopic (exact) mass is 708 g/mol. The molecule has 0 aromatic heterocycles. The van der Waals surface area contributed by atoms with Crippen molar-refractivity contribution < 1.29 is 47.8 Å². The van der Waals surface area contributed by atoms with Crippen molar-refractivity contribution in [1.29, 1.82) is 0 Å². The van der Waals surface area contributed by atoms with E-state index in [0.29, 0.717) is 12.8 Å². The number of ether oxygens (including phenoxy) is 2. The largest absolute Gasteiger partial charge is 0.472 e. The first-order valence-electron chi connectivity index (χ1n) is 19.5. The number of unbranched alkanes of at least 4 members (excludes halogenated alkanes) is 23. The number of hydrogen-bond donors (Lipinski definition) is 3. The molecule has 3 atom stereocenters. The number of carbonyl (C=O) groups is 2. The highest BCUT2D eigenvalue weighted by molar-refractivity contribution is 7.47. The highest BCUT2D eigenvalue weighted by Gasteiger charge is 2.27. The van der Waals surface area contributed by atoms with E-state index in [9.17, 15) is 24.2 Å². The summed E-state index contributed by atoms with van der Waals surface area (Å²) >= 11 is 0. The predicted molar refractivity (Wildman–Crippen MR) is 192 cm³/mol. The molecule has 0 bridgehead atoms. The molecule has 0 saturated heterocycles. The molecule has 0 heterocycles. The first-order chi connectivity index (χ1) is 23.2. The van der Waals surface area contributed by atoms with Crippen LogP contribution in [0.25, 0.3) is 0 Å². The summed E-state index contributed by atoms with van der Waals surface area (Å²) in [6, 6.07) is 0. The minimum Gasteiger partial charge on any atom is -0.462 e. The van der Waals surface area contributed by atoms with Gasteiger partial charge < -0.3 is 24.6 Å². The Balaban J connectivity index is 4.20. The fourth-order valence-electron chi connectivity index (χ4n) is 5.46. The number of carbonyl (C=O) groups excluding carboxylic acids is 2. The van der Waals surface area contributed by atoms with Gasteiger partial charge in [0, 0.05) is 12.8 Å². The topological polar surface area (TPSA) is 149 Å². The SMILES string of the molecule is CCCCCCCCCCCCCCCCCCCCC(=O)OC(COC(=O)CCCCCCCCC)COP(=O)(O)OCC(O)CO. The lowest BCUT2D eigenvalue weighted by Crippen LogP contribution is -2.29. The van der Waals surface area contributed by atoms with Gasteiger partial charge in [0.25, 0.3) is 0 Å². The second kappa shape index (κ2) is 34.4. The molecular weight excluding hydrogens is 635 g/mol. The van der Waals surface area contributed by atoms with Gasteiger partial charge in [0.05, 0.1) is 19.8 Å². The Hall–Kier alpha value is -1.03. The number of phosphoric ester groups is 1. The van der Waals surface area contributed by atoms with E-state index in [1.165, 1.54) is 109 Å². The van der Waals surface area contributed by atoms with Crippen LogP contribution in [0.5, 0.6) is 0 Å². The van der Waals surface area contributed by atoms with Crippen molar-refractivity contribution in [1.82, 2.24) is 0 Å². The van der Waals surface area contributed by atoms with Crippen LogP contribution in [0.4, 0.5) is 0 Å². The highest BCUT2D eigenvalue weighted by atomic mass is 31.2. The number of aliphatic hydroxyl groups excluding tert-OH is 2. The molecular formula is C37H73O10P. The Kier molecular flexibility index (Phi) is 33.7. The minimum absolute atomic E-state index is 0.192. The molecule has 11 heteroatoms. The number of aliphatic hydroxyl groups is 2. The van der Waals surface area contributed by atoms with Gasteiger partial charge in [0.1, 0.15) is 12.7 Å². The second-order valence-corrected chi connectivity index (χ2v) is 14.8. The van der Waals surface area contributed by atoms with E-state index in [4.69, 9.17) is 19.1 Å². The maximum absolute atomic E-state index is 12.5. The lowest BCUT2D eigenvalue weighted by atomic mass is 10.0. The van der Waals surface area contributed by atoms with Gasteiger partial charge in [0.2, 0.25) is 0 Å². The molecule has 286 valence electrons. The van der Waals surface area contributed by atoms with E-state index in [1.807, 2.05) is 0 Å². The second-order valence-electron chi connectivity index (χ2n) is 13.3. The fourth-order valence-corrected chi connectivity index (χ4v) is 6.25. The lowest BCUT2D eigenvalue weighted by Gasteiger charge is -2.20. The molecule has 0 saturated carbocycles. The smallest absolute Gasteiger partial charge is 0.462 e. The first-order valence-corrected chi connectivity index (χ1v) is 21.0. The standard InChI is InChI=1S/C37H73O10P/c1-3-5-7-9-11-12-13-14-15-16-17-18-19-20-21-23-25-27-29-37(41)47-35(33-46-48(42,43)45-31-34(39)30-38)32-44-36(40)28-26-24-22-10-8-6-4-2/h34-35,38-39H,3-33H2,1-2H3,(H,42,43). The van der Waals surface area contributed by atoms with E-state index in [-0.39, 0.29) is 19.4 Å². The fraction of sp³-hybridized carbons (Fsp3) is 0.946. The van der Waals surface area contributed by atoms with Gasteiger partial charge in [-0.15, -0.1) is 0 Å². The van der Waals surface area contributed by atoms with Crippen LogP contribution in [0, 0.1) is 0 Å². The molecule has 3 N–H and O–H groups in total. The van der Waals surface area contributed by atoms with Gasteiger partial charge in [-0.3, -0.25) is 18.6 Å². The van der Waals surface area contributed by atoms with Crippen LogP contribution in [0.2, 0.25) is 0 Å². The van der Waals surface area contributed by atoms with Gasteiger partial charge in [0.15, 0.2) is 6.10 Å². The maximum Gasteiger partial charge on any atom is 0.472 e. The zero-order valence-corrected chi connectivity index (χ0v) is 31.6. The van der Waals surface area contributed by atoms with Crippen LogP contribution < -0.4 is 0 Å². The van der Waals surface area contributed by atoms with Crippen LogP contribution in [-0.2, 0) is 32.7 Å². The predicted octanol–water partition coefficient (Wildman–Crippen LogP) is 9.50. The van der Waals surface area contributed by atoms with Crippen molar-refractivity contribution in [2.24, 2.45) is 0 Å². The van der Waals surface area contributed by atoms with E-state index in [1.54, 1.807) is 0 Å². The zero-order valence-electron chi connectivity index (χ0n) is 30.7. The summed E-state index contributed by atoms with van der Waals surface area (Å²) in [6.45, 7) is 2.34. The van der Waals surface area contributed by atoms with Gasteiger partial charge in [-0.1, -0.05) is 162 Å². The van der Waals surface area contributed by atoms with Crippen LogP contribution in [-0.4, -0.2) is 65.7 Å². The van der Waals surface area contributed by atoms with Crippen molar-refractivity contribution >= 4 is 19.8 Å². The average molecular weight is 709 g/mol. The maximum atomic E-state index is 12.5. The normalized spacial score (nSPS) is 14.0. The highest BCUT2D eigenvalue weighted by Crippen LogP contribution is 2.43. The lowest BCUT2D eigenvalue weighted by molar-refractivity contribution is -0.161. The summed E-state index contributed by atoms with van der Waals surface area (Å²) in [5, 5.41) is 18.2. The zero-order chi connectivity index (χ0) is 35.6. The summed E-state index contributed by atoms with van der Waals surface area (Å²) in [5.74, 6) is -0.921. The van der Waals surface area contributed by atoms with E-state index < -0.39 is 51.8 Å². The molecule has 0 fully saturated rings. The Morgan fingerprint density at radius 1 is 0.542 bits per heavy atom. The average Bonchev–Trinajstić information content (AvgIpc) is 3.07. The molecule has 0 amide bonds. The molecule has 0 radical (unpaired) electrons. The molecule has 0 spiro atoms. The van der Waals surface area contributed by atoms with Gasteiger partial charge in [-0.05, 0) is 12.8 Å². The van der Waals surface area contributed by atoms with Gasteiger partial charge >= 0.3 is 19.8 Å². The molecule has 0 aliphatic heterocycles. The molecule has 0 aliphatic rings. The number of hydrogen-bond acceptors (Lipinski definition) is 9. The summed E-state index contributed by atoms with van der Waals surface area (Å²) in [7, 11) is -4.60. The third-order valence-corrected chi connectivity index (χ3v) is 9.46. The first kappa shape index (κ1) is 47.0. The quantitative estimate of drug-likeness (QED) is 0.0324. The summed E-state index contributed by atoms with van der Waals surface area (Å²) < 4.78 is 32.5. The van der Waals surface area contributed by atoms with Crippen LogP contribution >= 0.6 is 7.82 Å². The van der Waals surface area contributed by atoms with Crippen molar-refractivity contribution in [2.75, 3.05) is 26.4 Å². The van der Waals surface area contributed by atoms with E-state index in [0.717, 1.165) is 38.5 Å². The molecule has 48 heavy (non-hydrogen) atoms. The van der Waals surface area contributed by atoms with E-state index >= 15 is 0 Å². The summed E-state index contributed by atoms with van der Waals surface area (Å²) in [6.07, 6.45) is 28.1. The molecule has 0 aromatic rings. The van der Waals surface area contributed by atoms with Crippen molar-refractivity contribution in [3.8, 4) is 0 Å². The van der Waals surface area contributed by atoms with Crippen LogP contribution in [0.1, 0.15) is 187 Å². The van der Waals surface area contributed by atoms with Gasteiger partial charge in [-0.25, -0.2) is 4.57 Å². The van der Waals surface area contributed by atoms with Gasteiger partial charge in [-0.2, -0.15) is 0 Å².